The summed E-state index contributed by atoms with van der Waals surface area (Å²) in [6.07, 6.45) is 5.98. The molecule has 1 aliphatic heterocycles. The number of rotatable bonds is 3. The predicted molar refractivity (Wildman–Crippen MR) is 94.7 cm³/mol. The van der Waals surface area contributed by atoms with Crippen molar-refractivity contribution in [1.82, 2.24) is 14.5 Å². The summed E-state index contributed by atoms with van der Waals surface area (Å²) in [6, 6.07) is 11.1. The van der Waals surface area contributed by atoms with E-state index in [0.29, 0.717) is 0 Å². The van der Waals surface area contributed by atoms with Gasteiger partial charge in [0.05, 0.1) is 0 Å². The highest BCUT2D eigenvalue weighted by molar-refractivity contribution is 5.86. The largest absolute Gasteiger partial charge is 1.00 e. The number of likely N-dealkylation sites (N-methyl/N-ethyl adjacent to an activating group) is 1. The molecular weight excluding hydrogens is 353 g/mol. The molecule has 1 aromatic carbocycles. The molecule has 0 saturated carbocycles. The Morgan fingerprint density at radius 1 is 1.08 bits per heavy atom. The van der Waals surface area contributed by atoms with Crippen molar-refractivity contribution in [3.63, 3.8) is 0 Å². The molecule has 4 rings (SSSR count). The molecule has 0 radical (unpaired) electrons. The summed E-state index contributed by atoms with van der Waals surface area (Å²) in [4.78, 5) is 6.54. The third kappa shape index (κ3) is 3.84. The van der Waals surface area contributed by atoms with Crippen LogP contribution in [0.25, 0.3) is 10.9 Å². The quantitative estimate of drug-likeness (QED) is 0.508. The molecule has 0 saturated heterocycles. The monoisotopic (exact) mass is 375 g/mol. The summed E-state index contributed by atoms with van der Waals surface area (Å²) in [5.41, 5.74) is 7.17. The molecule has 1 aliphatic rings. The molecule has 0 aliphatic carbocycles. The van der Waals surface area contributed by atoms with Crippen molar-refractivity contribution in [3.05, 3.63) is 65.1 Å². The molecule has 2 aromatic heterocycles. The van der Waals surface area contributed by atoms with Crippen molar-refractivity contribution in [2.45, 2.75) is 32.9 Å². The minimum absolute atomic E-state index is 0. The van der Waals surface area contributed by atoms with E-state index >= 15 is 0 Å². The van der Waals surface area contributed by atoms with E-state index in [0.717, 1.165) is 32.5 Å². The third-order valence-electron chi connectivity index (χ3n) is 4.97. The number of hydrogen-bond donors (Lipinski definition) is 0. The molecule has 3 nitrogen and oxygen atoms in total. The summed E-state index contributed by atoms with van der Waals surface area (Å²) >= 11 is 0. The Hall–Kier alpha value is -1.55. The van der Waals surface area contributed by atoms with Crippen LogP contribution in [0.2, 0.25) is 0 Å². The lowest BCUT2D eigenvalue weighted by atomic mass is 10.0. The number of aromatic nitrogens is 2. The second-order valence-corrected chi connectivity index (χ2v) is 6.69. The van der Waals surface area contributed by atoms with E-state index in [-0.39, 0.29) is 24.8 Å². The number of pyridine rings is 1. The van der Waals surface area contributed by atoms with E-state index < -0.39 is 0 Å². The Bertz CT molecular complexity index is 843. The lowest BCUT2D eigenvalue weighted by Crippen LogP contribution is -3.00. The van der Waals surface area contributed by atoms with Crippen LogP contribution in [0.15, 0.2) is 42.7 Å². The van der Waals surface area contributed by atoms with Gasteiger partial charge in [-0.25, -0.2) is 0 Å². The van der Waals surface area contributed by atoms with Crippen molar-refractivity contribution < 1.29 is 24.8 Å². The zero-order chi connectivity index (χ0) is 15.8. The van der Waals surface area contributed by atoms with Crippen LogP contribution >= 0.6 is 0 Å². The lowest BCUT2D eigenvalue weighted by molar-refractivity contribution is -0.001000. The van der Waals surface area contributed by atoms with Gasteiger partial charge in [0.25, 0.3) is 0 Å². The first-order valence-electron chi connectivity index (χ1n) is 8.40. The molecule has 25 heavy (non-hydrogen) atoms. The van der Waals surface area contributed by atoms with Crippen molar-refractivity contribution in [2.24, 2.45) is 0 Å². The average Bonchev–Trinajstić information content (AvgIpc) is 2.86. The highest BCUT2D eigenvalue weighted by atomic mass is 35.5. The fourth-order valence-electron chi connectivity index (χ4n) is 3.74. The third-order valence-corrected chi connectivity index (χ3v) is 4.97. The number of hydrogen-bond acceptors (Lipinski definition) is 2. The smallest absolute Gasteiger partial charge is 0.0486 e. The summed E-state index contributed by atoms with van der Waals surface area (Å²) in [7, 11) is 2.22. The van der Waals surface area contributed by atoms with Crippen LogP contribution in [0.1, 0.15) is 22.4 Å². The van der Waals surface area contributed by atoms with Crippen molar-refractivity contribution in [3.8, 4) is 0 Å². The second-order valence-electron chi connectivity index (χ2n) is 6.69. The number of aryl methyl sites for hydroxylation is 3. The normalized spacial score (nSPS) is 13.8. The predicted octanol–water partition coefficient (Wildman–Crippen LogP) is -2.42. The van der Waals surface area contributed by atoms with Crippen LogP contribution in [0, 0.1) is 6.92 Å². The van der Waals surface area contributed by atoms with Crippen LogP contribution in [0.3, 0.4) is 0 Å². The van der Waals surface area contributed by atoms with Crippen molar-refractivity contribution in [2.75, 3.05) is 13.6 Å². The van der Waals surface area contributed by atoms with Gasteiger partial charge in [0.1, 0.15) is 0 Å². The van der Waals surface area contributed by atoms with Crippen molar-refractivity contribution >= 4 is 10.9 Å². The molecule has 0 atom stereocenters. The first-order valence-corrected chi connectivity index (χ1v) is 8.40. The zero-order valence-corrected chi connectivity index (χ0v) is 16.2. The summed E-state index contributed by atoms with van der Waals surface area (Å²) in [6.45, 7) is 5.45. The molecule has 0 unspecified atom stereocenters. The average molecular weight is 376 g/mol. The topological polar surface area (TPSA) is 21.1 Å². The van der Waals surface area contributed by atoms with E-state index in [1.807, 2.05) is 12.4 Å². The Morgan fingerprint density at radius 3 is 2.60 bits per heavy atom. The maximum atomic E-state index is 4.12. The first-order chi connectivity index (χ1) is 11.2. The van der Waals surface area contributed by atoms with Gasteiger partial charge in [-0.2, -0.15) is 0 Å². The molecule has 0 amide bonds. The molecular formula is C20H23Cl2N3-2. The number of benzene rings is 1. The highest BCUT2D eigenvalue weighted by Gasteiger charge is 2.22. The molecule has 3 aromatic rings. The standard InChI is InChI=1S/C20H23N3.2ClH/c1-15-3-4-19-17(13-15)18-14-22(2)11-8-20(18)23(19)12-7-16-5-9-21-10-6-16;;/h3-6,9-10,13H,7-8,11-12,14H2,1-2H3;2*1H/p-2. The Balaban J connectivity index is 0.00000113. The lowest BCUT2D eigenvalue weighted by Gasteiger charge is -2.24. The van der Waals surface area contributed by atoms with Crippen molar-refractivity contribution in [1.29, 1.82) is 0 Å². The Labute approximate surface area is 161 Å². The minimum atomic E-state index is 0. The van der Waals surface area contributed by atoms with Gasteiger partial charge in [0, 0.05) is 55.0 Å². The van der Waals surface area contributed by atoms with Crippen LogP contribution in [0.5, 0.6) is 0 Å². The van der Waals surface area contributed by atoms with Crippen LogP contribution in [0.4, 0.5) is 0 Å². The summed E-state index contributed by atoms with van der Waals surface area (Å²) in [5, 5.41) is 1.45. The fourth-order valence-corrected chi connectivity index (χ4v) is 3.74. The van der Waals surface area contributed by atoms with Gasteiger partial charge < -0.3 is 34.3 Å². The van der Waals surface area contributed by atoms with Gasteiger partial charge in [-0.1, -0.05) is 11.6 Å². The fraction of sp³-hybridized carbons (Fsp3) is 0.350. The summed E-state index contributed by atoms with van der Waals surface area (Å²) in [5.74, 6) is 0. The van der Waals surface area contributed by atoms with E-state index in [4.69, 9.17) is 0 Å². The first kappa shape index (κ1) is 19.8. The SMILES string of the molecule is Cc1ccc2c(c1)c1c(n2CCc2ccncc2)CCN(C)C1.[Cl-].[Cl-]. The van der Waals surface area contributed by atoms with Gasteiger partial charge in [-0.3, -0.25) is 4.98 Å². The zero-order valence-electron chi connectivity index (χ0n) is 14.7. The summed E-state index contributed by atoms with van der Waals surface area (Å²) < 4.78 is 2.55. The van der Waals surface area contributed by atoms with Gasteiger partial charge >= 0.3 is 0 Å². The molecule has 0 fully saturated rings. The van der Waals surface area contributed by atoms with E-state index in [1.54, 1.807) is 0 Å². The molecule has 3 heterocycles. The van der Waals surface area contributed by atoms with Gasteiger partial charge in [0.15, 0.2) is 0 Å². The molecule has 0 spiro atoms. The van der Waals surface area contributed by atoms with E-state index in [2.05, 4.69) is 58.8 Å². The Kier molecular flexibility index (Phi) is 6.50. The van der Waals surface area contributed by atoms with Crippen LogP contribution < -0.4 is 24.8 Å². The molecule has 134 valence electrons. The number of nitrogens with zero attached hydrogens (tertiary/aromatic N) is 3. The molecule has 0 N–H and O–H groups in total. The number of fused-ring (bicyclic) bond motifs is 3. The van der Waals surface area contributed by atoms with Crippen LogP contribution in [-0.4, -0.2) is 28.0 Å². The van der Waals surface area contributed by atoms with E-state index in [1.165, 1.54) is 33.3 Å². The minimum Gasteiger partial charge on any atom is -1.00 e. The number of halogens is 2. The Morgan fingerprint density at radius 2 is 1.84 bits per heavy atom. The van der Waals surface area contributed by atoms with Gasteiger partial charge in [0.2, 0.25) is 0 Å². The highest BCUT2D eigenvalue weighted by Crippen LogP contribution is 2.31. The van der Waals surface area contributed by atoms with E-state index in [9.17, 15) is 0 Å². The molecule has 5 heteroatoms. The van der Waals surface area contributed by atoms with Gasteiger partial charge in [-0.15, -0.1) is 0 Å². The van der Waals surface area contributed by atoms with Gasteiger partial charge in [-0.05, 0) is 55.8 Å². The maximum absolute atomic E-state index is 4.12. The maximum Gasteiger partial charge on any atom is 0.0486 e. The second kappa shape index (κ2) is 8.22. The van der Waals surface area contributed by atoms with Crippen LogP contribution in [-0.2, 0) is 25.9 Å². The molecule has 0 bridgehead atoms.